The second kappa shape index (κ2) is 8.63. The first kappa shape index (κ1) is 18.1. The molecule has 1 aromatic heterocycles. The Kier molecular flexibility index (Phi) is 5.59. The average Bonchev–Trinajstić information content (AvgIpc) is 3.19. The summed E-state index contributed by atoms with van der Waals surface area (Å²) >= 11 is 1.60. The molecule has 0 aliphatic carbocycles. The average molecular weight is 384 g/mol. The lowest BCUT2D eigenvalue weighted by Crippen LogP contribution is -2.13. The van der Waals surface area contributed by atoms with Crippen molar-refractivity contribution < 1.29 is 0 Å². The Morgan fingerprint density at radius 2 is 1.32 bits per heavy atom. The minimum Gasteiger partial charge on any atom is -0.261 e. The number of hydrogen-bond acceptors (Lipinski definition) is 3. The smallest absolute Gasteiger partial charge is 0.205 e. The maximum absolute atomic E-state index is 4.87. The van der Waals surface area contributed by atoms with Crippen LogP contribution < -0.4 is 4.80 Å². The Morgan fingerprint density at radius 1 is 0.786 bits per heavy atom. The van der Waals surface area contributed by atoms with E-state index >= 15 is 0 Å². The Labute approximate surface area is 169 Å². The van der Waals surface area contributed by atoms with E-state index in [4.69, 9.17) is 5.10 Å². The molecule has 0 N–H and O–H groups in total. The van der Waals surface area contributed by atoms with Crippen LogP contribution in [0.15, 0.2) is 106 Å². The molecular weight excluding hydrogens is 362 g/mol. The lowest BCUT2D eigenvalue weighted by molar-refractivity contribution is 0.839. The van der Waals surface area contributed by atoms with E-state index in [1.165, 1.54) is 11.1 Å². The molecule has 0 aliphatic rings. The normalized spacial score (nSPS) is 12.1. The van der Waals surface area contributed by atoms with Crippen molar-refractivity contribution in [1.82, 2.24) is 4.68 Å². The molecule has 0 amide bonds. The molecule has 0 bridgehead atoms. The molecule has 4 aromatic rings. The summed E-state index contributed by atoms with van der Waals surface area (Å²) in [5.41, 5.74) is 4.60. The van der Waals surface area contributed by atoms with Crippen molar-refractivity contribution in [3.63, 3.8) is 0 Å². The summed E-state index contributed by atoms with van der Waals surface area (Å²) < 4.78 is 1.93. The summed E-state index contributed by atoms with van der Waals surface area (Å²) in [7, 11) is 1.80. The van der Waals surface area contributed by atoms with E-state index in [0.29, 0.717) is 0 Å². The molecule has 0 fully saturated rings. The third-order valence-corrected chi connectivity index (χ3v) is 5.50. The monoisotopic (exact) mass is 383 g/mol. The molecular formula is C24H21N3S. The van der Waals surface area contributed by atoms with Gasteiger partial charge in [0.15, 0.2) is 0 Å². The second-order valence-corrected chi connectivity index (χ2v) is 7.21. The highest BCUT2D eigenvalue weighted by Gasteiger charge is 2.12. The van der Waals surface area contributed by atoms with Gasteiger partial charge in [0.25, 0.3) is 0 Å². The highest BCUT2D eigenvalue weighted by atomic mass is 32.1. The summed E-state index contributed by atoms with van der Waals surface area (Å²) in [4.78, 5) is 5.28. The highest BCUT2D eigenvalue weighted by Crippen LogP contribution is 2.24. The molecule has 1 heterocycles. The molecule has 0 saturated heterocycles. The molecule has 4 heteroatoms. The van der Waals surface area contributed by atoms with Crippen molar-refractivity contribution in [3.05, 3.63) is 112 Å². The molecule has 138 valence electrons. The van der Waals surface area contributed by atoms with Crippen LogP contribution in [0.2, 0.25) is 0 Å². The van der Waals surface area contributed by atoms with Crippen LogP contribution in [0.5, 0.6) is 0 Å². The zero-order valence-corrected chi connectivity index (χ0v) is 16.5. The molecule has 0 radical (unpaired) electrons. The summed E-state index contributed by atoms with van der Waals surface area (Å²) in [6.07, 6.45) is 2.01. The third kappa shape index (κ3) is 3.87. The first-order valence-electron chi connectivity index (χ1n) is 9.20. The molecule has 3 nitrogen and oxygen atoms in total. The van der Waals surface area contributed by atoms with E-state index < -0.39 is 0 Å². The second-order valence-electron chi connectivity index (χ2n) is 6.37. The van der Waals surface area contributed by atoms with Gasteiger partial charge in [0, 0.05) is 30.1 Å². The van der Waals surface area contributed by atoms with Crippen molar-refractivity contribution in [3.8, 4) is 11.3 Å². The fraction of sp³-hybridized carbons (Fsp3) is 0.0833. The SMILES string of the molecule is CN=c1scc(-c2ccccc2)n1N=CC(c1ccccc1)c1ccccc1. The number of rotatable bonds is 5. The van der Waals surface area contributed by atoms with Crippen LogP contribution in [-0.4, -0.2) is 17.9 Å². The molecule has 3 aromatic carbocycles. The van der Waals surface area contributed by atoms with Crippen LogP contribution in [0.25, 0.3) is 11.3 Å². The zero-order chi connectivity index (χ0) is 19.2. The summed E-state index contributed by atoms with van der Waals surface area (Å²) in [5.74, 6) is 0.0723. The summed E-state index contributed by atoms with van der Waals surface area (Å²) in [6.45, 7) is 0. The molecule has 0 spiro atoms. The predicted octanol–water partition coefficient (Wildman–Crippen LogP) is 5.41. The topological polar surface area (TPSA) is 29.6 Å². The van der Waals surface area contributed by atoms with Gasteiger partial charge >= 0.3 is 0 Å². The van der Waals surface area contributed by atoms with Crippen LogP contribution in [-0.2, 0) is 0 Å². The summed E-state index contributed by atoms with van der Waals surface area (Å²) in [5, 5.41) is 6.98. The molecule has 0 atom stereocenters. The van der Waals surface area contributed by atoms with Gasteiger partial charge in [-0.1, -0.05) is 91.0 Å². The van der Waals surface area contributed by atoms with E-state index in [2.05, 4.69) is 71.0 Å². The Hall–Kier alpha value is -3.24. The van der Waals surface area contributed by atoms with Crippen LogP contribution in [0.1, 0.15) is 17.0 Å². The number of thiazole rings is 1. The van der Waals surface area contributed by atoms with E-state index in [9.17, 15) is 0 Å². The Bertz CT molecular complexity index is 1070. The minimum absolute atomic E-state index is 0.0723. The molecule has 0 aliphatic heterocycles. The van der Waals surface area contributed by atoms with Crippen molar-refractivity contribution in [1.29, 1.82) is 0 Å². The molecule has 0 saturated carbocycles. The number of aromatic nitrogens is 1. The Morgan fingerprint density at radius 3 is 1.86 bits per heavy atom. The van der Waals surface area contributed by atoms with Crippen molar-refractivity contribution in [2.45, 2.75) is 5.92 Å². The van der Waals surface area contributed by atoms with Gasteiger partial charge in [-0.15, -0.1) is 11.3 Å². The van der Waals surface area contributed by atoms with Crippen LogP contribution in [0.3, 0.4) is 0 Å². The van der Waals surface area contributed by atoms with Crippen molar-refractivity contribution >= 4 is 17.6 Å². The fourth-order valence-corrected chi connectivity index (χ4v) is 3.99. The molecule has 28 heavy (non-hydrogen) atoms. The number of nitrogens with zero attached hydrogens (tertiary/aromatic N) is 3. The quantitative estimate of drug-likeness (QED) is 0.412. The molecule has 0 unspecified atom stereocenters. The van der Waals surface area contributed by atoms with Gasteiger partial charge in [-0.05, 0) is 11.1 Å². The standard InChI is InChI=1S/C24H21N3S/c1-25-24-27(23(18-28-24)21-15-9-4-10-16-21)26-17-22(19-11-5-2-6-12-19)20-13-7-3-8-14-20/h2-18,22H,1H3. The van der Waals surface area contributed by atoms with Gasteiger partial charge in [-0.3, -0.25) is 4.99 Å². The van der Waals surface area contributed by atoms with Gasteiger partial charge in [0.1, 0.15) is 0 Å². The lowest BCUT2D eigenvalue weighted by Gasteiger charge is -2.13. The van der Waals surface area contributed by atoms with Gasteiger partial charge in [-0.2, -0.15) is 5.10 Å². The Balaban J connectivity index is 1.79. The van der Waals surface area contributed by atoms with Gasteiger partial charge < -0.3 is 0 Å². The largest absolute Gasteiger partial charge is 0.261 e. The van der Waals surface area contributed by atoms with E-state index in [-0.39, 0.29) is 5.92 Å². The van der Waals surface area contributed by atoms with E-state index in [0.717, 1.165) is 16.1 Å². The van der Waals surface area contributed by atoms with Crippen LogP contribution in [0, 0.1) is 0 Å². The van der Waals surface area contributed by atoms with Gasteiger partial charge in [0.05, 0.1) is 5.69 Å². The number of hydrogen-bond donors (Lipinski definition) is 0. The zero-order valence-electron chi connectivity index (χ0n) is 15.6. The number of benzene rings is 3. The third-order valence-electron chi connectivity index (χ3n) is 4.59. The van der Waals surface area contributed by atoms with Crippen molar-refractivity contribution in [2.24, 2.45) is 10.1 Å². The van der Waals surface area contributed by atoms with E-state index in [1.54, 1.807) is 18.4 Å². The van der Waals surface area contributed by atoms with Crippen LogP contribution in [0.4, 0.5) is 0 Å². The molecule has 4 rings (SSSR count). The highest BCUT2D eigenvalue weighted by molar-refractivity contribution is 7.07. The van der Waals surface area contributed by atoms with E-state index in [1.807, 2.05) is 41.2 Å². The minimum atomic E-state index is 0.0723. The van der Waals surface area contributed by atoms with Gasteiger partial charge in [-0.25, -0.2) is 4.68 Å². The first-order valence-corrected chi connectivity index (χ1v) is 10.1. The maximum atomic E-state index is 4.87. The predicted molar refractivity (Wildman–Crippen MR) is 118 cm³/mol. The maximum Gasteiger partial charge on any atom is 0.205 e. The van der Waals surface area contributed by atoms with Gasteiger partial charge in [0.2, 0.25) is 4.80 Å². The fourth-order valence-electron chi connectivity index (χ4n) is 3.19. The van der Waals surface area contributed by atoms with Crippen LogP contribution >= 0.6 is 11.3 Å². The first-order chi connectivity index (χ1) is 13.9. The lowest BCUT2D eigenvalue weighted by atomic mass is 9.92. The summed E-state index contributed by atoms with van der Waals surface area (Å²) in [6, 6.07) is 31.2. The van der Waals surface area contributed by atoms with Crippen molar-refractivity contribution in [2.75, 3.05) is 7.05 Å².